The first-order valence-electron chi connectivity index (χ1n) is 13.8. The van der Waals surface area contributed by atoms with E-state index in [0.29, 0.717) is 17.4 Å². The molecule has 5 rings (SSSR count). The number of ether oxygens (including phenoxy) is 2. The maximum Gasteiger partial charge on any atom is 0.136 e. The van der Waals surface area contributed by atoms with Crippen molar-refractivity contribution in [3.8, 4) is 5.75 Å². The molecule has 2 aliphatic carbocycles. The number of likely N-dealkylation sites (tertiary alicyclic amines) is 1. The first-order chi connectivity index (χ1) is 17.2. The highest BCUT2D eigenvalue weighted by Gasteiger charge is 2.36. The van der Waals surface area contributed by atoms with Crippen molar-refractivity contribution in [3.05, 3.63) is 64.5 Å². The molecule has 1 N–H and O–H groups in total. The average Bonchev–Trinajstić information content (AvgIpc) is 3.24. The van der Waals surface area contributed by atoms with Crippen LogP contribution in [0.5, 0.6) is 5.75 Å². The van der Waals surface area contributed by atoms with Gasteiger partial charge in [0.05, 0.1) is 10.2 Å². The monoisotopic (exact) mass is 495 g/mol. The minimum atomic E-state index is 0.0247. The molecule has 1 aromatic carbocycles. The van der Waals surface area contributed by atoms with Gasteiger partial charge < -0.3 is 14.6 Å². The van der Waals surface area contributed by atoms with Crippen molar-refractivity contribution in [1.82, 2.24) is 4.90 Å². The Morgan fingerprint density at radius 2 is 1.69 bits per heavy atom. The third kappa shape index (κ3) is 6.89. The summed E-state index contributed by atoms with van der Waals surface area (Å²) in [6.07, 6.45) is 19.9. The van der Waals surface area contributed by atoms with Gasteiger partial charge in [0.25, 0.3) is 0 Å². The van der Waals surface area contributed by atoms with E-state index in [1.54, 1.807) is 0 Å². The molecule has 2 unspecified atom stereocenters. The summed E-state index contributed by atoms with van der Waals surface area (Å²) in [6, 6.07) is 8.62. The lowest BCUT2D eigenvalue weighted by atomic mass is 9.84. The van der Waals surface area contributed by atoms with Crippen LogP contribution >= 0.6 is 11.8 Å². The van der Waals surface area contributed by atoms with Gasteiger partial charge >= 0.3 is 0 Å². The van der Waals surface area contributed by atoms with E-state index in [1.807, 2.05) is 23.9 Å². The highest BCUT2D eigenvalue weighted by molar-refractivity contribution is 8.04. The minimum Gasteiger partial charge on any atom is -0.508 e. The van der Waals surface area contributed by atoms with Crippen LogP contribution in [0.3, 0.4) is 0 Å². The van der Waals surface area contributed by atoms with Crippen LogP contribution < -0.4 is 4.74 Å². The van der Waals surface area contributed by atoms with Gasteiger partial charge in [0.2, 0.25) is 0 Å². The van der Waals surface area contributed by atoms with Crippen LogP contribution in [0, 0.1) is 5.92 Å². The van der Waals surface area contributed by atoms with Gasteiger partial charge in [-0.25, -0.2) is 0 Å². The molecular formula is C30H41NO3S. The molecule has 1 aromatic rings. The van der Waals surface area contributed by atoms with E-state index in [2.05, 4.69) is 35.2 Å². The van der Waals surface area contributed by atoms with E-state index in [4.69, 9.17) is 9.47 Å². The fourth-order valence-corrected chi connectivity index (χ4v) is 7.37. The molecule has 2 atom stereocenters. The van der Waals surface area contributed by atoms with E-state index < -0.39 is 0 Å². The van der Waals surface area contributed by atoms with Gasteiger partial charge in [-0.15, -0.1) is 11.8 Å². The molecule has 190 valence electrons. The quantitative estimate of drug-likeness (QED) is 0.420. The minimum absolute atomic E-state index is 0.0247. The Morgan fingerprint density at radius 1 is 0.943 bits per heavy atom. The number of fused-ring (bicyclic) bond motifs is 1. The Kier molecular flexibility index (Phi) is 8.80. The number of aliphatic hydroxyl groups is 1. The standard InChI is InChI=1S/C30H41NO3S/c32-25-11-8-12-27-28(22-25)35-29(21-23-9-4-3-5-10-23)30(34-27)24-13-15-26(16-14-24)33-20-19-31-17-6-1-2-7-18-31/h11-16,22-23,29-30,32H,1-10,17-21H2. The Hall–Kier alpha value is -1.85. The van der Waals surface area contributed by atoms with Gasteiger partial charge in [0.1, 0.15) is 30.0 Å². The molecule has 0 amide bonds. The summed E-state index contributed by atoms with van der Waals surface area (Å²) in [5.74, 6) is 2.98. The normalized spacial score (nSPS) is 26.3. The number of nitrogens with zero attached hydrogens (tertiary/aromatic N) is 1. The molecule has 1 saturated carbocycles. The second-order valence-corrected chi connectivity index (χ2v) is 11.8. The fourth-order valence-electron chi connectivity index (χ4n) is 5.90. The van der Waals surface area contributed by atoms with Crippen LogP contribution in [0.1, 0.15) is 82.3 Å². The zero-order valence-corrected chi connectivity index (χ0v) is 21.8. The van der Waals surface area contributed by atoms with Gasteiger partial charge in [-0.2, -0.15) is 0 Å². The van der Waals surface area contributed by atoms with Crippen molar-refractivity contribution in [3.63, 3.8) is 0 Å². The van der Waals surface area contributed by atoms with E-state index >= 15 is 0 Å². The summed E-state index contributed by atoms with van der Waals surface area (Å²) in [4.78, 5) is 3.62. The maximum absolute atomic E-state index is 10.2. The number of hydrogen-bond donors (Lipinski definition) is 1. The number of hydrogen-bond acceptors (Lipinski definition) is 5. The summed E-state index contributed by atoms with van der Waals surface area (Å²) in [5, 5.41) is 10.5. The predicted octanol–water partition coefficient (Wildman–Crippen LogP) is 7.70. The molecule has 0 radical (unpaired) electrons. The number of aliphatic hydroxyl groups excluding tert-OH is 1. The molecule has 4 nitrogen and oxygen atoms in total. The molecule has 0 aromatic heterocycles. The van der Waals surface area contributed by atoms with Gasteiger partial charge in [0, 0.05) is 6.54 Å². The summed E-state index contributed by atoms with van der Waals surface area (Å²) in [7, 11) is 0. The lowest BCUT2D eigenvalue weighted by Gasteiger charge is -2.37. The van der Waals surface area contributed by atoms with Gasteiger partial charge in [-0.1, -0.05) is 57.1 Å². The second-order valence-electron chi connectivity index (χ2n) is 10.5. The van der Waals surface area contributed by atoms with E-state index in [9.17, 15) is 5.11 Å². The molecule has 5 heteroatoms. The van der Waals surface area contributed by atoms with Crippen molar-refractivity contribution in [1.29, 1.82) is 0 Å². The van der Waals surface area contributed by atoms with Crippen LogP contribution in [0.4, 0.5) is 0 Å². The van der Waals surface area contributed by atoms with Crippen LogP contribution in [0.2, 0.25) is 0 Å². The van der Waals surface area contributed by atoms with Crippen molar-refractivity contribution in [2.45, 2.75) is 82.0 Å². The number of thioether (sulfide) groups is 1. The Balaban J connectivity index is 1.24. The predicted molar refractivity (Wildman–Crippen MR) is 145 cm³/mol. The average molecular weight is 496 g/mol. The largest absolute Gasteiger partial charge is 0.508 e. The highest BCUT2D eigenvalue weighted by Crippen LogP contribution is 2.49. The highest BCUT2D eigenvalue weighted by atomic mass is 32.2. The summed E-state index contributed by atoms with van der Waals surface area (Å²) in [6.45, 7) is 4.18. The number of benzene rings is 1. The van der Waals surface area contributed by atoms with Crippen molar-refractivity contribution in [2.75, 3.05) is 26.2 Å². The lowest BCUT2D eigenvalue weighted by Crippen LogP contribution is -2.29. The molecule has 2 aliphatic heterocycles. The van der Waals surface area contributed by atoms with E-state index in [1.165, 1.54) is 82.9 Å². The van der Waals surface area contributed by atoms with Crippen LogP contribution in [-0.4, -0.2) is 41.5 Å². The van der Waals surface area contributed by atoms with Crippen LogP contribution in [0.15, 0.2) is 58.9 Å². The topological polar surface area (TPSA) is 41.9 Å². The maximum atomic E-state index is 10.2. The van der Waals surface area contributed by atoms with Gasteiger partial charge in [-0.3, -0.25) is 4.90 Å². The van der Waals surface area contributed by atoms with Crippen LogP contribution in [-0.2, 0) is 4.74 Å². The van der Waals surface area contributed by atoms with Crippen molar-refractivity contribution < 1.29 is 14.6 Å². The number of rotatable bonds is 7. The summed E-state index contributed by atoms with van der Waals surface area (Å²) >= 11 is 1.89. The van der Waals surface area contributed by atoms with Crippen LogP contribution in [0.25, 0.3) is 0 Å². The molecule has 4 aliphatic rings. The number of allylic oxidation sites excluding steroid dienone is 3. The molecule has 3 fully saturated rings. The summed E-state index contributed by atoms with van der Waals surface area (Å²) < 4.78 is 12.8. The Morgan fingerprint density at radius 3 is 2.46 bits per heavy atom. The zero-order valence-electron chi connectivity index (χ0n) is 21.0. The van der Waals surface area contributed by atoms with E-state index in [-0.39, 0.29) is 6.10 Å². The van der Waals surface area contributed by atoms with Gasteiger partial charge in [0.15, 0.2) is 0 Å². The first-order valence-corrected chi connectivity index (χ1v) is 14.7. The van der Waals surface area contributed by atoms with Crippen molar-refractivity contribution >= 4 is 11.8 Å². The Bertz CT molecular complexity index is 908. The zero-order chi connectivity index (χ0) is 23.9. The first kappa shape index (κ1) is 24.8. The fraction of sp³-hybridized carbons (Fsp3) is 0.600. The Labute approximate surface area is 215 Å². The molecule has 0 bridgehead atoms. The molecular weight excluding hydrogens is 454 g/mol. The molecule has 2 saturated heterocycles. The molecule has 2 heterocycles. The van der Waals surface area contributed by atoms with E-state index in [0.717, 1.165) is 35.5 Å². The lowest BCUT2D eigenvalue weighted by molar-refractivity contribution is 0.106. The SMILES string of the molecule is OC1=CCC=C2OC(c3ccc(OCCN4CCCCCC4)cc3)C(CC3CCCCC3)SC2=C1. The molecule has 0 spiro atoms. The van der Waals surface area contributed by atoms with Crippen molar-refractivity contribution in [2.24, 2.45) is 5.92 Å². The smallest absolute Gasteiger partial charge is 0.136 e. The summed E-state index contributed by atoms with van der Waals surface area (Å²) in [5.41, 5.74) is 1.22. The third-order valence-electron chi connectivity index (χ3n) is 7.90. The molecule has 35 heavy (non-hydrogen) atoms. The van der Waals surface area contributed by atoms with Gasteiger partial charge in [-0.05, 0) is 80.6 Å². The third-order valence-corrected chi connectivity index (χ3v) is 9.21. The second kappa shape index (κ2) is 12.4.